The molecule has 0 atom stereocenters. The Morgan fingerprint density at radius 2 is 2.14 bits per heavy atom. The fraction of sp³-hybridized carbons (Fsp3) is 0.200. The molecule has 6 heteroatoms. The van der Waals surface area contributed by atoms with Gasteiger partial charge in [-0.3, -0.25) is 4.98 Å². The van der Waals surface area contributed by atoms with E-state index in [-0.39, 0.29) is 5.84 Å². The van der Waals surface area contributed by atoms with Gasteiger partial charge in [0.2, 0.25) is 0 Å². The number of hydrogen-bond acceptors (Lipinski definition) is 5. The van der Waals surface area contributed by atoms with Gasteiger partial charge in [0.25, 0.3) is 0 Å². The first-order chi connectivity index (χ1) is 10.1. The highest BCUT2D eigenvalue weighted by molar-refractivity contribution is 5.95. The molecule has 0 saturated carbocycles. The number of anilines is 2. The Balaban J connectivity index is 2.08. The minimum Gasteiger partial charge on any atom is -0.409 e. The van der Waals surface area contributed by atoms with Gasteiger partial charge in [0.05, 0.1) is 0 Å². The number of benzene rings is 1. The first kappa shape index (κ1) is 14.6. The van der Waals surface area contributed by atoms with Crippen LogP contribution < -0.4 is 16.0 Å². The summed E-state index contributed by atoms with van der Waals surface area (Å²) in [6.45, 7) is 0.630. The number of pyridine rings is 1. The first-order valence-corrected chi connectivity index (χ1v) is 6.54. The molecule has 0 bridgehead atoms. The molecule has 0 amide bonds. The van der Waals surface area contributed by atoms with Crippen molar-refractivity contribution in [3.8, 4) is 0 Å². The van der Waals surface area contributed by atoms with E-state index in [1.54, 1.807) is 12.3 Å². The number of nitrogens with two attached hydrogens (primary N) is 1. The SMILES string of the molecule is CN(C)c1cccc(NCc2ccnc(/C(N)=N/O)c2)c1. The van der Waals surface area contributed by atoms with Crippen LogP contribution >= 0.6 is 0 Å². The van der Waals surface area contributed by atoms with Crippen LogP contribution in [0.5, 0.6) is 0 Å². The van der Waals surface area contributed by atoms with E-state index in [9.17, 15) is 0 Å². The van der Waals surface area contributed by atoms with Crippen LogP contribution in [0.2, 0.25) is 0 Å². The van der Waals surface area contributed by atoms with Gasteiger partial charge >= 0.3 is 0 Å². The maximum Gasteiger partial charge on any atom is 0.188 e. The molecule has 1 aromatic heterocycles. The minimum absolute atomic E-state index is 0.00598. The second-order valence-corrected chi connectivity index (χ2v) is 4.83. The van der Waals surface area contributed by atoms with Crippen LogP contribution in [0, 0.1) is 0 Å². The van der Waals surface area contributed by atoms with Gasteiger partial charge in [-0.1, -0.05) is 11.2 Å². The van der Waals surface area contributed by atoms with E-state index in [0.717, 1.165) is 16.9 Å². The lowest BCUT2D eigenvalue weighted by Crippen LogP contribution is -2.15. The minimum atomic E-state index is 0.00598. The van der Waals surface area contributed by atoms with Crippen molar-refractivity contribution in [3.05, 3.63) is 53.9 Å². The topological polar surface area (TPSA) is 86.8 Å². The lowest BCUT2D eigenvalue weighted by Gasteiger charge is -2.14. The maximum atomic E-state index is 8.67. The molecule has 4 N–H and O–H groups in total. The molecule has 110 valence electrons. The van der Waals surface area contributed by atoms with E-state index < -0.39 is 0 Å². The smallest absolute Gasteiger partial charge is 0.188 e. The summed E-state index contributed by atoms with van der Waals surface area (Å²) in [5.74, 6) is 0.00598. The molecule has 0 radical (unpaired) electrons. The molecule has 2 rings (SSSR count). The summed E-state index contributed by atoms with van der Waals surface area (Å²) < 4.78 is 0. The van der Waals surface area contributed by atoms with Crippen molar-refractivity contribution >= 4 is 17.2 Å². The van der Waals surface area contributed by atoms with Gasteiger partial charge in [-0.15, -0.1) is 0 Å². The zero-order valence-corrected chi connectivity index (χ0v) is 12.1. The van der Waals surface area contributed by atoms with Crippen molar-refractivity contribution in [1.29, 1.82) is 0 Å². The summed E-state index contributed by atoms with van der Waals surface area (Å²) in [6, 6.07) is 11.8. The second kappa shape index (κ2) is 6.60. The molecule has 1 heterocycles. The Bertz CT molecular complexity index is 639. The molecule has 0 aliphatic carbocycles. The largest absolute Gasteiger partial charge is 0.409 e. The average molecular weight is 285 g/mol. The summed E-state index contributed by atoms with van der Waals surface area (Å²) in [5.41, 5.74) is 9.16. The van der Waals surface area contributed by atoms with Crippen molar-refractivity contribution in [2.45, 2.75) is 6.54 Å². The highest BCUT2D eigenvalue weighted by Gasteiger charge is 2.03. The lowest BCUT2D eigenvalue weighted by atomic mass is 10.2. The Kier molecular flexibility index (Phi) is 4.61. The number of nitrogens with zero attached hydrogens (tertiary/aromatic N) is 3. The Morgan fingerprint density at radius 1 is 1.33 bits per heavy atom. The van der Waals surface area contributed by atoms with Crippen LogP contribution in [-0.4, -0.2) is 30.1 Å². The van der Waals surface area contributed by atoms with E-state index in [4.69, 9.17) is 10.9 Å². The van der Waals surface area contributed by atoms with Crippen LogP contribution in [0.25, 0.3) is 0 Å². The molecule has 21 heavy (non-hydrogen) atoms. The highest BCUT2D eigenvalue weighted by Crippen LogP contribution is 2.18. The third kappa shape index (κ3) is 3.85. The second-order valence-electron chi connectivity index (χ2n) is 4.83. The molecule has 0 aliphatic heterocycles. The quantitative estimate of drug-likeness (QED) is 0.338. The summed E-state index contributed by atoms with van der Waals surface area (Å²) in [6.07, 6.45) is 1.64. The van der Waals surface area contributed by atoms with E-state index >= 15 is 0 Å². The third-order valence-corrected chi connectivity index (χ3v) is 3.05. The van der Waals surface area contributed by atoms with Crippen LogP contribution in [0.15, 0.2) is 47.8 Å². The molecule has 0 aliphatic rings. The predicted molar refractivity (Wildman–Crippen MR) is 84.8 cm³/mol. The fourth-order valence-electron chi connectivity index (χ4n) is 1.87. The van der Waals surface area contributed by atoms with Gasteiger partial charge in [0, 0.05) is 38.2 Å². The Labute approximate surface area is 123 Å². The van der Waals surface area contributed by atoms with Crippen LogP contribution in [0.4, 0.5) is 11.4 Å². The lowest BCUT2D eigenvalue weighted by molar-refractivity contribution is 0.318. The number of aromatic nitrogens is 1. The number of amidine groups is 1. The van der Waals surface area contributed by atoms with E-state index in [0.29, 0.717) is 12.2 Å². The van der Waals surface area contributed by atoms with Crippen LogP contribution in [-0.2, 0) is 6.54 Å². The fourth-order valence-corrected chi connectivity index (χ4v) is 1.87. The Hall–Kier alpha value is -2.76. The number of oxime groups is 1. The summed E-state index contributed by atoms with van der Waals surface area (Å²) in [4.78, 5) is 6.10. The molecule has 2 aromatic rings. The predicted octanol–water partition coefficient (Wildman–Crippen LogP) is 1.85. The van der Waals surface area contributed by atoms with Gasteiger partial charge in [0.1, 0.15) is 5.69 Å². The number of nitrogens with one attached hydrogen (secondary N) is 1. The molecular weight excluding hydrogens is 266 g/mol. The monoisotopic (exact) mass is 285 g/mol. The van der Waals surface area contributed by atoms with Crippen molar-refractivity contribution < 1.29 is 5.21 Å². The van der Waals surface area contributed by atoms with Crippen molar-refractivity contribution in [1.82, 2.24) is 4.98 Å². The molecule has 6 nitrogen and oxygen atoms in total. The van der Waals surface area contributed by atoms with Crippen LogP contribution in [0.3, 0.4) is 0 Å². The standard InChI is InChI=1S/C15H19N5O/c1-20(2)13-5-3-4-12(9-13)18-10-11-6-7-17-14(8-11)15(16)19-21/h3-9,18,21H,10H2,1-2H3,(H2,16,19). The van der Waals surface area contributed by atoms with E-state index in [1.807, 2.05) is 43.3 Å². The molecule has 0 unspecified atom stereocenters. The van der Waals surface area contributed by atoms with E-state index in [2.05, 4.69) is 21.5 Å². The summed E-state index contributed by atoms with van der Waals surface area (Å²) in [7, 11) is 4.01. The van der Waals surface area contributed by atoms with Gasteiger partial charge < -0.3 is 21.2 Å². The van der Waals surface area contributed by atoms with Gasteiger partial charge in [-0.25, -0.2) is 0 Å². The summed E-state index contributed by atoms with van der Waals surface area (Å²) in [5, 5.41) is 15.0. The zero-order valence-electron chi connectivity index (χ0n) is 12.1. The molecule has 0 spiro atoms. The maximum absolute atomic E-state index is 8.67. The van der Waals surface area contributed by atoms with Crippen LogP contribution in [0.1, 0.15) is 11.3 Å². The number of rotatable bonds is 5. The molecular formula is C15H19N5O. The summed E-state index contributed by atoms with van der Waals surface area (Å²) >= 11 is 0. The molecule has 0 fully saturated rings. The van der Waals surface area contributed by atoms with Gasteiger partial charge in [-0.05, 0) is 35.9 Å². The van der Waals surface area contributed by atoms with Crippen molar-refractivity contribution in [2.75, 3.05) is 24.3 Å². The highest BCUT2D eigenvalue weighted by atomic mass is 16.4. The first-order valence-electron chi connectivity index (χ1n) is 6.54. The van der Waals surface area contributed by atoms with Crippen molar-refractivity contribution in [2.24, 2.45) is 10.9 Å². The molecule has 0 saturated heterocycles. The number of hydrogen-bond donors (Lipinski definition) is 3. The van der Waals surface area contributed by atoms with Gasteiger partial charge in [-0.2, -0.15) is 0 Å². The Morgan fingerprint density at radius 3 is 2.86 bits per heavy atom. The van der Waals surface area contributed by atoms with E-state index in [1.165, 1.54) is 0 Å². The average Bonchev–Trinajstić information content (AvgIpc) is 2.52. The molecule has 1 aromatic carbocycles. The van der Waals surface area contributed by atoms with Gasteiger partial charge in [0.15, 0.2) is 5.84 Å². The zero-order chi connectivity index (χ0) is 15.2. The normalized spacial score (nSPS) is 11.2. The van der Waals surface area contributed by atoms with Crippen molar-refractivity contribution in [3.63, 3.8) is 0 Å². The third-order valence-electron chi connectivity index (χ3n) is 3.05.